The molecule has 1 atom stereocenters. The summed E-state index contributed by atoms with van der Waals surface area (Å²) in [6.07, 6.45) is 1.83. The maximum absolute atomic E-state index is 6.26. The van der Waals surface area contributed by atoms with Gasteiger partial charge in [-0.05, 0) is 30.0 Å². The van der Waals surface area contributed by atoms with Gasteiger partial charge in [0.1, 0.15) is 0 Å². The number of aromatic nitrogens is 1. The average Bonchev–Trinajstić information content (AvgIpc) is 2.37. The van der Waals surface area contributed by atoms with Gasteiger partial charge in [0.2, 0.25) is 0 Å². The van der Waals surface area contributed by atoms with Gasteiger partial charge in [-0.15, -0.1) is 11.6 Å². The first-order valence-electron chi connectivity index (χ1n) is 5.68. The Morgan fingerprint density at radius 1 is 1.06 bits per heavy atom. The minimum Gasteiger partial charge on any atom is -0.256 e. The van der Waals surface area contributed by atoms with Crippen molar-refractivity contribution in [3.05, 3.63) is 54.2 Å². The molecule has 1 aromatic heterocycles. The summed E-state index contributed by atoms with van der Waals surface area (Å²) in [6, 6.07) is 14.5. The second kappa shape index (κ2) is 4.01. The van der Waals surface area contributed by atoms with Gasteiger partial charge in [0.05, 0.1) is 10.9 Å². The Balaban J connectivity index is 2.55. The van der Waals surface area contributed by atoms with E-state index in [0.717, 1.165) is 10.9 Å². The van der Waals surface area contributed by atoms with Crippen LogP contribution in [0, 0.1) is 0 Å². The van der Waals surface area contributed by atoms with Crippen molar-refractivity contribution >= 4 is 33.3 Å². The molecule has 1 nitrogen and oxygen atoms in total. The van der Waals surface area contributed by atoms with E-state index in [1.807, 2.05) is 31.3 Å². The van der Waals surface area contributed by atoms with Gasteiger partial charge in [-0.2, -0.15) is 0 Å². The van der Waals surface area contributed by atoms with Crippen LogP contribution in [0.1, 0.15) is 17.9 Å². The zero-order valence-electron chi connectivity index (χ0n) is 9.52. The molecule has 0 spiro atoms. The van der Waals surface area contributed by atoms with Crippen molar-refractivity contribution in [3.8, 4) is 0 Å². The van der Waals surface area contributed by atoms with Crippen LogP contribution in [0.3, 0.4) is 0 Å². The summed E-state index contributed by atoms with van der Waals surface area (Å²) in [5, 5.41) is 3.52. The third-order valence-corrected chi connectivity index (χ3v) is 3.31. The van der Waals surface area contributed by atoms with Crippen molar-refractivity contribution in [1.82, 2.24) is 4.98 Å². The summed E-state index contributed by atoms with van der Waals surface area (Å²) in [4.78, 5) is 4.47. The van der Waals surface area contributed by atoms with Gasteiger partial charge in [-0.1, -0.05) is 30.3 Å². The lowest BCUT2D eigenvalue weighted by molar-refractivity contribution is 1.10. The quantitative estimate of drug-likeness (QED) is 0.445. The zero-order chi connectivity index (χ0) is 11.8. The van der Waals surface area contributed by atoms with E-state index in [4.69, 9.17) is 11.6 Å². The molecule has 84 valence electrons. The van der Waals surface area contributed by atoms with Crippen molar-refractivity contribution in [2.45, 2.75) is 12.3 Å². The van der Waals surface area contributed by atoms with Crippen molar-refractivity contribution < 1.29 is 0 Å². The number of hydrogen-bond donors (Lipinski definition) is 0. The van der Waals surface area contributed by atoms with E-state index in [1.165, 1.54) is 16.3 Å². The highest BCUT2D eigenvalue weighted by atomic mass is 35.5. The lowest BCUT2D eigenvalue weighted by atomic mass is 9.99. The standard InChI is InChI=1S/C15H12ClN/c1-10(16)14-9-11-5-4-8-17-15(11)13-7-3-2-6-12(13)14/h2-10H,1H3. The number of alkyl halides is 1. The molecule has 1 unspecified atom stereocenters. The predicted molar refractivity (Wildman–Crippen MR) is 73.5 cm³/mol. The zero-order valence-corrected chi connectivity index (χ0v) is 10.3. The Kier molecular flexibility index (Phi) is 2.49. The van der Waals surface area contributed by atoms with Gasteiger partial charge in [0.25, 0.3) is 0 Å². The molecule has 0 aliphatic rings. The maximum Gasteiger partial charge on any atom is 0.0780 e. The molecule has 0 aliphatic heterocycles. The molecule has 0 N–H and O–H groups in total. The van der Waals surface area contributed by atoms with Crippen LogP contribution in [0.5, 0.6) is 0 Å². The summed E-state index contributed by atoms with van der Waals surface area (Å²) in [5.41, 5.74) is 2.21. The lowest BCUT2D eigenvalue weighted by Crippen LogP contribution is -1.90. The molecule has 0 radical (unpaired) electrons. The van der Waals surface area contributed by atoms with E-state index in [2.05, 4.69) is 29.2 Å². The molecule has 0 saturated heterocycles. The summed E-state index contributed by atoms with van der Waals surface area (Å²) in [5.74, 6) is 0. The van der Waals surface area contributed by atoms with Crippen molar-refractivity contribution in [3.63, 3.8) is 0 Å². The summed E-state index contributed by atoms with van der Waals surface area (Å²) < 4.78 is 0. The topological polar surface area (TPSA) is 12.9 Å². The van der Waals surface area contributed by atoms with E-state index in [1.54, 1.807) is 0 Å². The molecule has 0 fully saturated rings. The minimum absolute atomic E-state index is 0.00417. The fourth-order valence-electron chi connectivity index (χ4n) is 2.27. The number of halogens is 1. The van der Waals surface area contributed by atoms with Crippen molar-refractivity contribution in [1.29, 1.82) is 0 Å². The molecule has 2 heteroatoms. The maximum atomic E-state index is 6.26. The molecule has 3 aromatic rings. The Labute approximate surface area is 105 Å². The van der Waals surface area contributed by atoms with Gasteiger partial charge >= 0.3 is 0 Å². The molecule has 3 rings (SSSR count). The molecular weight excluding hydrogens is 230 g/mol. The Morgan fingerprint density at radius 3 is 2.59 bits per heavy atom. The first-order chi connectivity index (χ1) is 8.27. The first kappa shape index (κ1) is 10.5. The summed E-state index contributed by atoms with van der Waals surface area (Å²) in [7, 11) is 0. The molecule has 1 heterocycles. The molecule has 17 heavy (non-hydrogen) atoms. The highest BCUT2D eigenvalue weighted by molar-refractivity contribution is 6.22. The lowest BCUT2D eigenvalue weighted by Gasteiger charge is -2.11. The Hall–Kier alpha value is -1.60. The first-order valence-corrected chi connectivity index (χ1v) is 6.11. The fourth-order valence-corrected chi connectivity index (χ4v) is 2.46. The normalized spacial score (nSPS) is 13.1. The van der Waals surface area contributed by atoms with E-state index >= 15 is 0 Å². The van der Waals surface area contributed by atoms with E-state index in [-0.39, 0.29) is 5.38 Å². The largest absolute Gasteiger partial charge is 0.256 e. The molecule has 0 bridgehead atoms. The second-order valence-electron chi connectivity index (χ2n) is 4.20. The van der Waals surface area contributed by atoms with Gasteiger partial charge in [-0.3, -0.25) is 4.98 Å². The SMILES string of the molecule is CC(Cl)c1cc2cccnc2c2ccccc12. The third-order valence-electron chi connectivity index (χ3n) is 3.07. The average molecular weight is 242 g/mol. The number of benzene rings is 2. The van der Waals surface area contributed by atoms with Crippen LogP contribution in [0.4, 0.5) is 0 Å². The third kappa shape index (κ3) is 1.67. The molecule has 0 amide bonds. The van der Waals surface area contributed by atoms with Crippen LogP contribution >= 0.6 is 11.6 Å². The smallest absolute Gasteiger partial charge is 0.0780 e. The van der Waals surface area contributed by atoms with Crippen LogP contribution in [0.2, 0.25) is 0 Å². The fraction of sp³-hybridized carbons (Fsp3) is 0.133. The molecule has 0 saturated carbocycles. The number of fused-ring (bicyclic) bond motifs is 3. The highest BCUT2D eigenvalue weighted by Crippen LogP contribution is 2.32. The second-order valence-corrected chi connectivity index (χ2v) is 4.86. The van der Waals surface area contributed by atoms with Crippen molar-refractivity contribution in [2.75, 3.05) is 0 Å². The number of rotatable bonds is 1. The van der Waals surface area contributed by atoms with Gasteiger partial charge in [0.15, 0.2) is 0 Å². The van der Waals surface area contributed by atoms with Gasteiger partial charge in [-0.25, -0.2) is 0 Å². The monoisotopic (exact) mass is 241 g/mol. The number of hydrogen-bond acceptors (Lipinski definition) is 1. The molecular formula is C15H12ClN. The Morgan fingerprint density at radius 2 is 1.82 bits per heavy atom. The number of nitrogens with zero attached hydrogens (tertiary/aromatic N) is 1. The highest BCUT2D eigenvalue weighted by Gasteiger charge is 2.10. The van der Waals surface area contributed by atoms with Crippen LogP contribution in [-0.4, -0.2) is 4.98 Å². The van der Waals surface area contributed by atoms with E-state index < -0.39 is 0 Å². The van der Waals surface area contributed by atoms with Crippen LogP contribution < -0.4 is 0 Å². The minimum atomic E-state index is 0.00417. The van der Waals surface area contributed by atoms with Crippen LogP contribution in [0.15, 0.2) is 48.7 Å². The van der Waals surface area contributed by atoms with Crippen LogP contribution in [0.25, 0.3) is 21.7 Å². The van der Waals surface area contributed by atoms with E-state index in [9.17, 15) is 0 Å². The summed E-state index contributed by atoms with van der Waals surface area (Å²) >= 11 is 6.26. The Bertz CT molecular complexity index is 689. The predicted octanol–water partition coefficient (Wildman–Crippen LogP) is 4.69. The summed E-state index contributed by atoms with van der Waals surface area (Å²) in [6.45, 7) is 2.01. The van der Waals surface area contributed by atoms with Gasteiger partial charge in [0, 0.05) is 17.0 Å². The van der Waals surface area contributed by atoms with E-state index in [0.29, 0.717) is 0 Å². The van der Waals surface area contributed by atoms with Crippen LogP contribution in [-0.2, 0) is 0 Å². The molecule has 2 aromatic carbocycles. The molecule has 0 aliphatic carbocycles. The number of pyridine rings is 1. The van der Waals surface area contributed by atoms with Gasteiger partial charge < -0.3 is 0 Å². The van der Waals surface area contributed by atoms with Crippen molar-refractivity contribution in [2.24, 2.45) is 0 Å².